The number of hydrogen-bond acceptors (Lipinski definition) is 4. The van der Waals surface area contributed by atoms with Crippen LogP contribution in [0.25, 0.3) is 0 Å². The fourth-order valence-electron chi connectivity index (χ4n) is 1.53. The molecular formula is C13H17ClN2O4. The van der Waals surface area contributed by atoms with Crippen molar-refractivity contribution < 1.29 is 19.4 Å². The molecule has 2 amide bonds. The number of rotatable bonds is 6. The normalized spacial score (nSPS) is 10.2. The maximum Gasteiger partial charge on any atom is 0.257 e. The number of phenolic OH excluding ortho intramolecular Hbond substituents is 1. The number of carbonyl (C=O) groups is 2. The minimum absolute atomic E-state index is 0.0987. The van der Waals surface area contributed by atoms with Gasteiger partial charge in [0.1, 0.15) is 5.75 Å². The van der Waals surface area contributed by atoms with Gasteiger partial charge in [-0.05, 0) is 18.2 Å². The number of nitrogens with one attached hydrogen (secondary N) is 1. The Kier molecular flexibility index (Phi) is 6.27. The van der Waals surface area contributed by atoms with Gasteiger partial charge in [-0.3, -0.25) is 9.59 Å². The molecule has 7 heteroatoms. The first-order valence-corrected chi connectivity index (χ1v) is 6.33. The van der Waals surface area contributed by atoms with E-state index in [1.807, 2.05) is 0 Å². The number of likely N-dealkylation sites (N-methyl/N-ethyl adjacent to an activating group) is 1. The predicted molar refractivity (Wildman–Crippen MR) is 75.0 cm³/mol. The molecule has 0 heterocycles. The van der Waals surface area contributed by atoms with Gasteiger partial charge in [0.25, 0.3) is 5.91 Å². The number of ether oxygens (including phenoxy) is 1. The fourth-order valence-corrected chi connectivity index (χ4v) is 1.69. The highest BCUT2D eigenvalue weighted by molar-refractivity contribution is 6.30. The van der Waals surface area contributed by atoms with Crippen molar-refractivity contribution in [3.8, 4) is 5.75 Å². The second-order valence-electron chi connectivity index (χ2n) is 4.17. The van der Waals surface area contributed by atoms with Gasteiger partial charge < -0.3 is 20.1 Å². The van der Waals surface area contributed by atoms with Crippen molar-refractivity contribution in [1.82, 2.24) is 10.2 Å². The second-order valence-corrected chi connectivity index (χ2v) is 4.60. The topological polar surface area (TPSA) is 78.9 Å². The number of benzene rings is 1. The smallest absolute Gasteiger partial charge is 0.257 e. The molecule has 0 saturated carbocycles. The average Bonchev–Trinajstić information content (AvgIpc) is 2.38. The van der Waals surface area contributed by atoms with Crippen molar-refractivity contribution in [1.29, 1.82) is 0 Å². The van der Waals surface area contributed by atoms with Crippen molar-refractivity contribution >= 4 is 23.4 Å². The van der Waals surface area contributed by atoms with Crippen molar-refractivity contribution in [3.05, 3.63) is 28.8 Å². The lowest BCUT2D eigenvalue weighted by molar-refractivity contribution is -0.121. The van der Waals surface area contributed by atoms with E-state index in [2.05, 4.69) is 5.32 Å². The van der Waals surface area contributed by atoms with E-state index < -0.39 is 5.91 Å². The van der Waals surface area contributed by atoms with Gasteiger partial charge in [-0.1, -0.05) is 11.6 Å². The highest BCUT2D eigenvalue weighted by atomic mass is 35.5. The van der Waals surface area contributed by atoms with E-state index in [9.17, 15) is 14.7 Å². The summed E-state index contributed by atoms with van der Waals surface area (Å²) in [6.07, 6.45) is 0. The first-order chi connectivity index (χ1) is 9.45. The Morgan fingerprint density at radius 2 is 2.15 bits per heavy atom. The third-order valence-corrected chi connectivity index (χ3v) is 2.78. The van der Waals surface area contributed by atoms with Gasteiger partial charge in [-0.2, -0.15) is 0 Å². The second kappa shape index (κ2) is 7.72. The number of halogens is 1. The van der Waals surface area contributed by atoms with Crippen molar-refractivity contribution in [3.63, 3.8) is 0 Å². The van der Waals surface area contributed by atoms with E-state index in [1.165, 1.54) is 37.3 Å². The standard InChI is InChI=1S/C13H17ClN2O4/c1-16(8-12(18)15-5-6-20-2)13(19)10-4-3-9(14)7-11(10)17/h3-4,7,17H,5-6,8H2,1-2H3,(H,15,18). The first kappa shape index (κ1) is 16.3. The van der Waals surface area contributed by atoms with E-state index in [0.717, 1.165) is 0 Å². The molecule has 0 fully saturated rings. The molecular weight excluding hydrogens is 284 g/mol. The molecule has 110 valence electrons. The van der Waals surface area contributed by atoms with Crippen molar-refractivity contribution in [2.45, 2.75) is 0 Å². The van der Waals surface area contributed by atoms with Gasteiger partial charge >= 0.3 is 0 Å². The highest BCUT2D eigenvalue weighted by Crippen LogP contribution is 2.22. The molecule has 0 bridgehead atoms. The highest BCUT2D eigenvalue weighted by Gasteiger charge is 2.18. The molecule has 0 spiro atoms. The summed E-state index contributed by atoms with van der Waals surface area (Å²) in [6.45, 7) is 0.676. The summed E-state index contributed by atoms with van der Waals surface area (Å²) in [7, 11) is 3.01. The number of carbonyl (C=O) groups excluding carboxylic acids is 2. The van der Waals surface area contributed by atoms with Crippen molar-refractivity contribution in [2.75, 3.05) is 33.9 Å². The summed E-state index contributed by atoms with van der Waals surface area (Å²) < 4.78 is 4.80. The van der Waals surface area contributed by atoms with E-state index in [4.69, 9.17) is 16.3 Å². The minimum Gasteiger partial charge on any atom is -0.507 e. The Labute approximate surface area is 122 Å². The zero-order valence-electron chi connectivity index (χ0n) is 11.4. The van der Waals surface area contributed by atoms with Crippen LogP contribution in [0.4, 0.5) is 0 Å². The van der Waals surface area contributed by atoms with Crippen LogP contribution in [0.3, 0.4) is 0 Å². The lowest BCUT2D eigenvalue weighted by Crippen LogP contribution is -2.39. The molecule has 0 aromatic heterocycles. The molecule has 1 aromatic carbocycles. The predicted octanol–water partition coefficient (Wildman–Crippen LogP) is 0.880. The minimum atomic E-state index is -0.457. The average molecular weight is 301 g/mol. The molecule has 0 radical (unpaired) electrons. The summed E-state index contributed by atoms with van der Waals surface area (Å²) in [4.78, 5) is 24.8. The molecule has 1 aromatic rings. The molecule has 1 rings (SSSR count). The maximum absolute atomic E-state index is 12.1. The van der Waals surface area contributed by atoms with Gasteiger partial charge in [0.15, 0.2) is 0 Å². The number of nitrogens with zero attached hydrogens (tertiary/aromatic N) is 1. The largest absolute Gasteiger partial charge is 0.507 e. The number of methoxy groups -OCH3 is 1. The van der Waals surface area contributed by atoms with Gasteiger partial charge in [-0.25, -0.2) is 0 Å². The van der Waals surface area contributed by atoms with E-state index >= 15 is 0 Å². The van der Waals surface area contributed by atoms with Crippen LogP contribution >= 0.6 is 11.6 Å². The van der Waals surface area contributed by atoms with Crippen LogP contribution in [-0.4, -0.2) is 55.7 Å². The third-order valence-electron chi connectivity index (χ3n) is 2.55. The molecule has 0 atom stereocenters. The summed E-state index contributed by atoms with van der Waals surface area (Å²) in [5.41, 5.74) is 0.0987. The Morgan fingerprint density at radius 3 is 2.75 bits per heavy atom. The van der Waals surface area contributed by atoms with Crippen LogP contribution in [0.5, 0.6) is 5.75 Å². The molecule has 0 aliphatic rings. The van der Waals surface area contributed by atoms with E-state index in [1.54, 1.807) is 0 Å². The number of phenols is 1. The Bertz CT molecular complexity index is 493. The van der Waals surface area contributed by atoms with Crippen LogP contribution in [0.15, 0.2) is 18.2 Å². The van der Waals surface area contributed by atoms with Gasteiger partial charge in [0, 0.05) is 25.7 Å². The van der Waals surface area contributed by atoms with Crippen LogP contribution in [-0.2, 0) is 9.53 Å². The summed E-state index contributed by atoms with van der Waals surface area (Å²) in [6, 6.07) is 4.20. The lowest BCUT2D eigenvalue weighted by atomic mass is 10.2. The van der Waals surface area contributed by atoms with Crippen LogP contribution < -0.4 is 5.32 Å². The zero-order valence-corrected chi connectivity index (χ0v) is 12.1. The molecule has 2 N–H and O–H groups in total. The van der Waals surface area contributed by atoms with Gasteiger partial charge in [0.05, 0.1) is 18.7 Å². The monoisotopic (exact) mass is 300 g/mol. The van der Waals surface area contributed by atoms with Gasteiger partial charge in [-0.15, -0.1) is 0 Å². The van der Waals surface area contributed by atoms with Crippen LogP contribution in [0, 0.1) is 0 Å². The molecule has 0 saturated heterocycles. The fraction of sp³-hybridized carbons (Fsp3) is 0.385. The molecule has 0 unspecified atom stereocenters. The molecule has 6 nitrogen and oxygen atoms in total. The SMILES string of the molecule is COCCNC(=O)CN(C)C(=O)c1ccc(Cl)cc1O. The molecule has 20 heavy (non-hydrogen) atoms. The van der Waals surface area contributed by atoms with Crippen LogP contribution in [0.1, 0.15) is 10.4 Å². The first-order valence-electron chi connectivity index (χ1n) is 5.95. The zero-order chi connectivity index (χ0) is 15.1. The molecule has 0 aliphatic carbocycles. The Morgan fingerprint density at radius 1 is 1.45 bits per heavy atom. The van der Waals surface area contributed by atoms with E-state index in [0.29, 0.717) is 18.2 Å². The quantitative estimate of drug-likeness (QED) is 0.765. The van der Waals surface area contributed by atoms with Gasteiger partial charge in [0.2, 0.25) is 5.91 Å². The number of hydrogen-bond donors (Lipinski definition) is 2. The summed E-state index contributed by atoms with van der Waals surface area (Å²) >= 11 is 5.70. The molecule has 0 aliphatic heterocycles. The Hall–Kier alpha value is -1.79. The Balaban J connectivity index is 2.60. The van der Waals surface area contributed by atoms with Crippen LogP contribution in [0.2, 0.25) is 5.02 Å². The maximum atomic E-state index is 12.1. The number of amides is 2. The number of aromatic hydroxyl groups is 1. The summed E-state index contributed by atoms with van der Waals surface area (Å²) in [5.74, 6) is -0.971. The van der Waals surface area contributed by atoms with E-state index in [-0.39, 0.29) is 23.8 Å². The third kappa shape index (κ3) is 4.71. The summed E-state index contributed by atoms with van der Waals surface area (Å²) in [5, 5.41) is 12.6. The lowest BCUT2D eigenvalue weighted by Gasteiger charge is -2.17. The van der Waals surface area contributed by atoms with Crippen molar-refractivity contribution in [2.24, 2.45) is 0 Å².